The molecule has 0 atom stereocenters. The van der Waals surface area contributed by atoms with Crippen molar-refractivity contribution in [2.24, 2.45) is 0 Å². The number of carbonyl (C=O) groups excluding carboxylic acids is 2. The van der Waals surface area contributed by atoms with E-state index in [0.717, 1.165) is 6.08 Å². The zero-order valence-electron chi connectivity index (χ0n) is 12.6. The summed E-state index contributed by atoms with van der Waals surface area (Å²) in [6.45, 7) is -1.36. The molecule has 0 spiro atoms. The van der Waals surface area contributed by atoms with Gasteiger partial charge in [0.1, 0.15) is 11.5 Å². The van der Waals surface area contributed by atoms with Crippen LogP contribution in [0.25, 0.3) is 6.08 Å². The van der Waals surface area contributed by atoms with E-state index in [0.29, 0.717) is 11.3 Å². The van der Waals surface area contributed by atoms with Gasteiger partial charge in [-0.25, -0.2) is 0 Å². The lowest BCUT2D eigenvalue weighted by Crippen LogP contribution is -2.40. The molecule has 2 amide bonds. The average Bonchev–Trinajstić information content (AvgIpc) is 2.97. The molecular weight excluding hydrogens is 322 g/mol. The van der Waals surface area contributed by atoms with E-state index in [2.05, 4.69) is 15.6 Å². The van der Waals surface area contributed by atoms with Gasteiger partial charge in [-0.05, 0) is 25.1 Å². The van der Waals surface area contributed by atoms with Crippen molar-refractivity contribution in [2.75, 3.05) is 0 Å². The second kappa shape index (κ2) is 7.91. The molecule has 0 radical (unpaired) electrons. The molecule has 6 nitrogen and oxygen atoms in total. The Hall–Kier alpha value is -3.16. The Morgan fingerprint density at radius 2 is 1.96 bits per heavy atom. The number of aryl methyl sites for hydroxylation is 1. The number of ether oxygens (including phenoxy) is 1. The summed E-state index contributed by atoms with van der Waals surface area (Å²) in [4.78, 5) is 23.5. The van der Waals surface area contributed by atoms with Gasteiger partial charge in [0.2, 0.25) is 0 Å². The van der Waals surface area contributed by atoms with Crippen LogP contribution in [-0.4, -0.2) is 18.4 Å². The number of hydrogen-bond donors (Lipinski definition) is 2. The Bertz CT molecular complexity index is 756. The minimum Gasteiger partial charge on any atom is -0.469 e. The maximum Gasteiger partial charge on any atom is 0.387 e. The second-order valence-corrected chi connectivity index (χ2v) is 4.58. The number of carbonyl (C=O) groups is 2. The van der Waals surface area contributed by atoms with E-state index in [-0.39, 0.29) is 11.3 Å². The predicted octanol–water partition coefficient (Wildman–Crippen LogP) is 2.66. The van der Waals surface area contributed by atoms with E-state index in [9.17, 15) is 18.4 Å². The van der Waals surface area contributed by atoms with Gasteiger partial charge in [-0.3, -0.25) is 20.4 Å². The van der Waals surface area contributed by atoms with Gasteiger partial charge in [-0.2, -0.15) is 8.78 Å². The van der Waals surface area contributed by atoms with Crippen LogP contribution in [0.2, 0.25) is 0 Å². The summed E-state index contributed by atoms with van der Waals surface area (Å²) in [5.41, 5.74) is 4.96. The van der Waals surface area contributed by atoms with Gasteiger partial charge >= 0.3 is 6.61 Å². The van der Waals surface area contributed by atoms with E-state index in [1.165, 1.54) is 36.6 Å². The van der Waals surface area contributed by atoms with E-state index < -0.39 is 18.4 Å². The molecule has 24 heavy (non-hydrogen) atoms. The third-order valence-electron chi connectivity index (χ3n) is 2.95. The van der Waals surface area contributed by atoms with Gasteiger partial charge in [0.05, 0.1) is 11.8 Å². The summed E-state index contributed by atoms with van der Waals surface area (Å²) in [6, 6.07) is 7.47. The number of nitrogens with one attached hydrogen (secondary N) is 2. The lowest BCUT2D eigenvalue weighted by molar-refractivity contribution is -0.117. The van der Waals surface area contributed by atoms with Crippen LogP contribution in [0, 0.1) is 6.92 Å². The van der Waals surface area contributed by atoms with E-state index in [1.807, 2.05) is 0 Å². The fourth-order valence-electron chi connectivity index (χ4n) is 1.83. The second-order valence-electron chi connectivity index (χ2n) is 4.58. The van der Waals surface area contributed by atoms with Crippen LogP contribution in [0.15, 0.2) is 47.1 Å². The summed E-state index contributed by atoms with van der Waals surface area (Å²) >= 11 is 0. The van der Waals surface area contributed by atoms with E-state index in [4.69, 9.17) is 4.42 Å². The van der Waals surface area contributed by atoms with Crippen LogP contribution >= 0.6 is 0 Å². The van der Waals surface area contributed by atoms with Crippen LogP contribution in [0.4, 0.5) is 8.78 Å². The van der Waals surface area contributed by atoms with Crippen molar-refractivity contribution in [3.8, 4) is 5.75 Å². The summed E-state index contributed by atoms with van der Waals surface area (Å²) in [7, 11) is 0. The van der Waals surface area contributed by atoms with Crippen LogP contribution in [-0.2, 0) is 4.79 Å². The number of amides is 2. The van der Waals surface area contributed by atoms with Crippen LogP contribution in [0.5, 0.6) is 5.75 Å². The van der Waals surface area contributed by atoms with Gasteiger partial charge in [0.25, 0.3) is 11.8 Å². The molecule has 2 N–H and O–H groups in total. The largest absolute Gasteiger partial charge is 0.469 e. The first-order valence-electron chi connectivity index (χ1n) is 6.83. The molecule has 1 heterocycles. The lowest BCUT2D eigenvalue weighted by atomic mass is 10.2. The quantitative estimate of drug-likeness (QED) is 0.650. The van der Waals surface area contributed by atoms with Crippen molar-refractivity contribution < 1.29 is 27.5 Å². The lowest BCUT2D eigenvalue weighted by Gasteiger charge is -2.07. The number of rotatable bonds is 5. The first-order chi connectivity index (χ1) is 11.5. The number of hydrazine groups is 1. The average molecular weight is 336 g/mol. The highest BCUT2D eigenvalue weighted by Crippen LogP contribution is 2.21. The molecule has 8 heteroatoms. The van der Waals surface area contributed by atoms with Crippen molar-refractivity contribution in [3.63, 3.8) is 0 Å². The van der Waals surface area contributed by atoms with Crippen molar-refractivity contribution in [1.82, 2.24) is 10.9 Å². The number of furan rings is 1. The maximum atomic E-state index is 12.3. The van der Waals surface area contributed by atoms with E-state index >= 15 is 0 Å². The van der Waals surface area contributed by atoms with E-state index in [1.54, 1.807) is 13.0 Å². The zero-order chi connectivity index (χ0) is 17.5. The first kappa shape index (κ1) is 17.2. The molecule has 2 rings (SSSR count). The van der Waals surface area contributed by atoms with Crippen molar-refractivity contribution in [1.29, 1.82) is 0 Å². The highest BCUT2D eigenvalue weighted by molar-refractivity contribution is 5.98. The Kier molecular flexibility index (Phi) is 5.67. The van der Waals surface area contributed by atoms with Crippen molar-refractivity contribution in [2.45, 2.75) is 13.5 Å². The molecule has 126 valence electrons. The fraction of sp³-hybridized carbons (Fsp3) is 0.125. The van der Waals surface area contributed by atoms with Crippen LogP contribution in [0.1, 0.15) is 21.7 Å². The minimum absolute atomic E-state index is 0.0605. The number of para-hydroxylation sites is 1. The highest BCUT2D eigenvalue weighted by atomic mass is 19.3. The molecule has 0 unspecified atom stereocenters. The summed E-state index contributed by atoms with van der Waals surface area (Å²) in [6.07, 6.45) is 3.73. The Labute approximate surface area is 136 Å². The third kappa shape index (κ3) is 4.67. The monoisotopic (exact) mass is 336 g/mol. The fourth-order valence-corrected chi connectivity index (χ4v) is 1.83. The maximum absolute atomic E-state index is 12.3. The zero-order valence-corrected chi connectivity index (χ0v) is 12.6. The molecule has 2 aromatic rings. The molecule has 0 saturated carbocycles. The molecule has 0 saturated heterocycles. The third-order valence-corrected chi connectivity index (χ3v) is 2.95. The summed E-state index contributed by atoms with van der Waals surface area (Å²) < 4.78 is 33.9. The molecule has 0 aliphatic rings. The molecule has 0 aliphatic heterocycles. The van der Waals surface area contributed by atoms with Gasteiger partial charge in [-0.1, -0.05) is 18.2 Å². The Morgan fingerprint density at radius 3 is 2.62 bits per heavy atom. The standard InChI is InChI=1S/C16H14F2N2O4/c1-10-12(8-9-23-10)15(22)20-19-14(21)7-6-11-4-2-3-5-13(11)24-16(17)18/h2-9,16H,1H3,(H,19,21)(H,20,22)/b7-6+. The molecule has 1 aromatic carbocycles. The van der Waals surface area contributed by atoms with Gasteiger partial charge in [-0.15, -0.1) is 0 Å². The van der Waals surface area contributed by atoms with Crippen molar-refractivity contribution >= 4 is 17.9 Å². The summed E-state index contributed by atoms with van der Waals surface area (Å²) in [5.74, 6) is -0.828. The highest BCUT2D eigenvalue weighted by Gasteiger charge is 2.11. The van der Waals surface area contributed by atoms with Gasteiger partial charge < -0.3 is 9.15 Å². The molecule has 0 fully saturated rings. The number of benzene rings is 1. The Morgan fingerprint density at radius 1 is 1.21 bits per heavy atom. The first-order valence-corrected chi connectivity index (χ1v) is 6.83. The molecular formula is C16H14F2N2O4. The number of halogens is 2. The minimum atomic E-state index is -2.97. The molecule has 0 bridgehead atoms. The Balaban J connectivity index is 1.94. The topological polar surface area (TPSA) is 80.6 Å². The summed E-state index contributed by atoms with van der Waals surface area (Å²) in [5, 5.41) is 0. The molecule has 1 aromatic heterocycles. The van der Waals surface area contributed by atoms with Gasteiger partial charge in [0.15, 0.2) is 0 Å². The molecule has 0 aliphatic carbocycles. The number of alkyl halides is 2. The predicted molar refractivity (Wildman–Crippen MR) is 81.2 cm³/mol. The van der Waals surface area contributed by atoms with Gasteiger partial charge in [0, 0.05) is 11.6 Å². The smallest absolute Gasteiger partial charge is 0.387 e. The normalized spacial score (nSPS) is 10.8. The van der Waals surface area contributed by atoms with Crippen LogP contribution in [0.3, 0.4) is 0 Å². The number of hydrogen-bond acceptors (Lipinski definition) is 4. The SMILES string of the molecule is Cc1occc1C(=O)NNC(=O)/C=C/c1ccccc1OC(F)F. The van der Waals surface area contributed by atoms with Crippen LogP contribution < -0.4 is 15.6 Å². The van der Waals surface area contributed by atoms with Crippen molar-refractivity contribution in [3.05, 3.63) is 59.6 Å².